The van der Waals surface area contributed by atoms with Gasteiger partial charge in [-0.25, -0.2) is 9.37 Å². The molecule has 2 aromatic carbocycles. The number of aromatic nitrogens is 1. The molecule has 0 bridgehead atoms. The first kappa shape index (κ1) is 16.6. The smallest absolute Gasteiger partial charge is 0.226 e. The van der Waals surface area contributed by atoms with Gasteiger partial charge < -0.3 is 10.2 Å². The number of hydrogen-bond acceptors (Lipinski definition) is 5. The molecule has 0 saturated heterocycles. The van der Waals surface area contributed by atoms with Crippen molar-refractivity contribution in [1.29, 1.82) is 5.26 Å². The third-order valence-corrected chi connectivity index (χ3v) is 3.75. The summed E-state index contributed by atoms with van der Waals surface area (Å²) in [6, 6.07) is 10.8. The Kier molecular flexibility index (Phi) is 4.42. The Morgan fingerprint density at radius 2 is 2.08 bits per heavy atom. The highest BCUT2D eigenvalue weighted by molar-refractivity contribution is 5.84. The van der Waals surface area contributed by atoms with Crippen LogP contribution in [0.25, 0.3) is 22.6 Å². The summed E-state index contributed by atoms with van der Waals surface area (Å²) in [5.41, 5.74) is 7.51. The molecular formula is C19H14FN3O2. The maximum absolute atomic E-state index is 13.9. The van der Waals surface area contributed by atoms with Crippen LogP contribution in [-0.4, -0.2) is 11.3 Å². The van der Waals surface area contributed by atoms with E-state index >= 15 is 0 Å². The molecule has 3 aromatic rings. The number of hydrogen-bond donors (Lipinski definition) is 1. The minimum absolute atomic E-state index is 0.0832. The van der Waals surface area contributed by atoms with Gasteiger partial charge in [0.15, 0.2) is 0 Å². The Bertz CT molecular complexity index is 987. The van der Waals surface area contributed by atoms with Crippen molar-refractivity contribution in [2.24, 2.45) is 5.73 Å². The van der Waals surface area contributed by atoms with E-state index in [0.717, 1.165) is 0 Å². The fourth-order valence-corrected chi connectivity index (χ4v) is 2.51. The Morgan fingerprint density at radius 3 is 2.72 bits per heavy atom. The lowest BCUT2D eigenvalue weighted by Gasteiger charge is -2.08. The zero-order valence-corrected chi connectivity index (χ0v) is 13.4. The second kappa shape index (κ2) is 6.67. The number of benzene rings is 2. The fourth-order valence-electron chi connectivity index (χ4n) is 2.51. The monoisotopic (exact) mass is 335 g/mol. The molecule has 0 fully saturated rings. The normalized spacial score (nSPS) is 11.8. The minimum atomic E-state index is -0.617. The highest BCUT2D eigenvalue weighted by atomic mass is 19.1. The Morgan fingerprint density at radius 1 is 1.32 bits per heavy atom. The van der Waals surface area contributed by atoms with Crippen molar-refractivity contribution in [2.75, 3.05) is 0 Å². The van der Waals surface area contributed by atoms with Crippen molar-refractivity contribution in [3.05, 3.63) is 65.3 Å². The predicted molar refractivity (Wildman–Crippen MR) is 90.0 cm³/mol. The summed E-state index contributed by atoms with van der Waals surface area (Å²) in [4.78, 5) is 15.5. The molecule has 1 atom stereocenters. The summed E-state index contributed by atoms with van der Waals surface area (Å²) in [5.74, 6) is 0.192. The third kappa shape index (κ3) is 3.18. The van der Waals surface area contributed by atoms with Gasteiger partial charge in [0.25, 0.3) is 0 Å². The predicted octanol–water partition coefficient (Wildman–Crippen LogP) is 3.85. The minimum Gasteiger partial charge on any atom is -0.440 e. The molecule has 124 valence electrons. The van der Waals surface area contributed by atoms with Crippen LogP contribution < -0.4 is 5.73 Å². The summed E-state index contributed by atoms with van der Waals surface area (Å²) < 4.78 is 19.5. The lowest BCUT2D eigenvalue weighted by Crippen LogP contribution is -2.02. The molecule has 5 nitrogen and oxygen atoms in total. The molecular weight excluding hydrogens is 321 g/mol. The van der Waals surface area contributed by atoms with Gasteiger partial charge in [-0.15, -0.1) is 0 Å². The van der Waals surface area contributed by atoms with Crippen LogP contribution in [0.15, 0.2) is 47.0 Å². The number of nitriles is 1. The average Bonchev–Trinajstić information content (AvgIpc) is 3.11. The molecule has 1 aromatic heterocycles. The van der Waals surface area contributed by atoms with Gasteiger partial charge >= 0.3 is 0 Å². The van der Waals surface area contributed by atoms with Crippen LogP contribution in [0.2, 0.25) is 0 Å². The number of halogens is 1. The molecule has 0 radical (unpaired) electrons. The first-order chi connectivity index (χ1) is 12.0. The molecule has 0 amide bonds. The highest BCUT2D eigenvalue weighted by Crippen LogP contribution is 2.31. The molecule has 0 aliphatic rings. The number of nitrogens with zero attached hydrogens (tertiary/aromatic N) is 2. The molecule has 0 spiro atoms. The number of nitrogens with two attached hydrogens (primary N) is 1. The van der Waals surface area contributed by atoms with Crippen LogP contribution in [0.3, 0.4) is 0 Å². The molecule has 2 N–H and O–H groups in total. The summed E-state index contributed by atoms with van der Waals surface area (Å²) in [5, 5.41) is 9.23. The van der Waals surface area contributed by atoms with E-state index in [4.69, 9.17) is 10.2 Å². The van der Waals surface area contributed by atoms with Gasteiger partial charge in [0.2, 0.25) is 5.89 Å². The summed E-state index contributed by atoms with van der Waals surface area (Å²) in [6.07, 6.45) is 2.20. The van der Waals surface area contributed by atoms with E-state index < -0.39 is 5.82 Å². The second-order valence-corrected chi connectivity index (χ2v) is 5.59. The number of carbonyl (C=O) groups excluding carboxylic acids is 1. The highest BCUT2D eigenvalue weighted by Gasteiger charge is 2.15. The van der Waals surface area contributed by atoms with Gasteiger partial charge in [0, 0.05) is 16.7 Å². The number of carbonyl (C=O) groups is 1. The fraction of sp³-hybridized carbons (Fsp3) is 0.105. The number of oxazole rings is 1. The summed E-state index contributed by atoms with van der Waals surface area (Å²) in [7, 11) is 0. The maximum atomic E-state index is 13.9. The molecule has 6 heteroatoms. The van der Waals surface area contributed by atoms with E-state index in [1.807, 2.05) is 6.07 Å². The van der Waals surface area contributed by atoms with Crippen LogP contribution in [0.4, 0.5) is 4.39 Å². The van der Waals surface area contributed by atoms with E-state index in [1.165, 1.54) is 18.3 Å². The average molecular weight is 335 g/mol. The zero-order valence-electron chi connectivity index (χ0n) is 13.4. The lowest BCUT2D eigenvalue weighted by molar-refractivity contribution is 0.112. The van der Waals surface area contributed by atoms with Crippen LogP contribution >= 0.6 is 0 Å². The molecule has 1 heterocycles. The zero-order chi connectivity index (χ0) is 18.0. The van der Waals surface area contributed by atoms with E-state index in [2.05, 4.69) is 4.98 Å². The Hall–Kier alpha value is -3.30. The molecule has 25 heavy (non-hydrogen) atoms. The second-order valence-electron chi connectivity index (χ2n) is 5.59. The standard InChI is InChI=1S/C19H14FN3O2/c1-11(22)18-9-23-19(25-18)14-6-12(10-24)5-13(7-14)15-3-2-4-17(20)16(15)8-21/h2-7,9-11H,22H2,1H3. The van der Waals surface area contributed by atoms with Crippen LogP contribution in [0.5, 0.6) is 0 Å². The quantitative estimate of drug-likeness (QED) is 0.731. The first-order valence-electron chi connectivity index (χ1n) is 7.54. The Balaban J connectivity index is 2.18. The number of aldehydes is 1. The van der Waals surface area contributed by atoms with Gasteiger partial charge in [0.05, 0.1) is 17.8 Å². The molecule has 0 aliphatic heterocycles. The lowest BCUT2D eigenvalue weighted by atomic mass is 9.96. The maximum Gasteiger partial charge on any atom is 0.226 e. The van der Waals surface area contributed by atoms with Crippen molar-refractivity contribution < 1.29 is 13.6 Å². The molecule has 0 aliphatic carbocycles. The van der Waals surface area contributed by atoms with E-state index in [0.29, 0.717) is 40.2 Å². The molecule has 1 unspecified atom stereocenters. The van der Waals surface area contributed by atoms with Crippen LogP contribution in [0, 0.1) is 17.1 Å². The Labute approximate surface area is 143 Å². The van der Waals surface area contributed by atoms with Crippen LogP contribution in [-0.2, 0) is 0 Å². The van der Waals surface area contributed by atoms with Gasteiger partial charge in [-0.1, -0.05) is 12.1 Å². The van der Waals surface area contributed by atoms with Crippen molar-refractivity contribution in [3.63, 3.8) is 0 Å². The number of rotatable bonds is 4. The van der Waals surface area contributed by atoms with E-state index in [9.17, 15) is 14.4 Å². The largest absolute Gasteiger partial charge is 0.440 e. The van der Waals surface area contributed by atoms with Gasteiger partial charge in [-0.05, 0) is 36.8 Å². The summed E-state index contributed by atoms with van der Waals surface area (Å²) >= 11 is 0. The van der Waals surface area contributed by atoms with Gasteiger partial charge in [-0.3, -0.25) is 4.79 Å². The molecule has 0 saturated carbocycles. The van der Waals surface area contributed by atoms with Crippen molar-refractivity contribution >= 4 is 6.29 Å². The van der Waals surface area contributed by atoms with Gasteiger partial charge in [0.1, 0.15) is 23.9 Å². The molecule has 3 rings (SSSR count). The van der Waals surface area contributed by atoms with E-state index in [-0.39, 0.29) is 11.6 Å². The topological polar surface area (TPSA) is 92.9 Å². The van der Waals surface area contributed by atoms with Gasteiger partial charge in [-0.2, -0.15) is 5.26 Å². The summed E-state index contributed by atoms with van der Waals surface area (Å²) in [6.45, 7) is 1.77. The SMILES string of the molecule is CC(N)c1cnc(-c2cc(C=O)cc(-c3cccc(F)c3C#N)c2)o1. The van der Waals surface area contributed by atoms with E-state index in [1.54, 1.807) is 31.2 Å². The van der Waals surface area contributed by atoms with Crippen molar-refractivity contribution in [2.45, 2.75) is 13.0 Å². The van der Waals surface area contributed by atoms with Crippen molar-refractivity contribution in [1.82, 2.24) is 4.98 Å². The third-order valence-electron chi connectivity index (χ3n) is 3.75. The van der Waals surface area contributed by atoms with Crippen molar-refractivity contribution in [3.8, 4) is 28.7 Å². The van der Waals surface area contributed by atoms with Crippen LogP contribution in [0.1, 0.15) is 34.6 Å². The first-order valence-corrected chi connectivity index (χ1v) is 7.54.